The minimum absolute atomic E-state index is 0. The molecule has 1 aliphatic rings. The van der Waals surface area contributed by atoms with E-state index in [4.69, 9.17) is 9.15 Å². The van der Waals surface area contributed by atoms with E-state index in [0.29, 0.717) is 50.0 Å². The molecule has 3 rings (SSSR count). The van der Waals surface area contributed by atoms with E-state index in [1.54, 1.807) is 23.1 Å². The number of halogens is 4. The Morgan fingerprint density at radius 3 is 2.59 bits per heavy atom. The minimum Gasteiger partial charge on any atom is -0.468 e. The molecule has 8 nitrogen and oxygen atoms in total. The largest absolute Gasteiger partial charge is 0.468 e. The average molecular weight is 567 g/mol. The Balaban J connectivity index is 0.00000363. The highest BCUT2D eigenvalue weighted by atomic mass is 127. The van der Waals surface area contributed by atoms with E-state index in [1.807, 2.05) is 11.8 Å². The van der Waals surface area contributed by atoms with E-state index in [0.717, 1.165) is 0 Å². The van der Waals surface area contributed by atoms with Crippen molar-refractivity contribution in [2.75, 3.05) is 39.3 Å². The number of hydrogen-bond donors (Lipinski definition) is 1. The van der Waals surface area contributed by atoms with E-state index < -0.39 is 12.8 Å². The van der Waals surface area contributed by atoms with Gasteiger partial charge in [0.2, 0.25) is 5.88 Å². The highest BCUT2D eigenvalue weighted by molar-refractivity contribution is 14.0. The van der Waals surface area contributed by atoms with Gasteiger partial charge in [-0.15, -0.1) is 24.0 Å². The van der Waals surface area contributed by atoms with Crippen LogP contribution in [-0.4, -0.2) is 72.2 Å². The lowest BCUT2D eigenvalue weighted by Gasteiger charge is -2.36. The predicted octanol–water partition coefficient (Wildman–Crippen LogP) is 3.16. The molecule has 1 saturated heterocycles. The molecule has 32 heavy (non-hydrogen) atoms. The zero-order valence-electron chi connectivity index (χ0n) is 17.5. The Bertz CT molecular complexity index is 885. The normalized spacial score (nSPS) is 14.7. The Morgan fingerprint density at radius 2 is 1.97 bits per heavy atom. The van der Waals surface area contributed by atoms with Gasteiger partial charge in [0.1, 0.15) is 0 Å². The molecule has 3 heterocycles. The van der Waals surface area contributed by atoms with Gasteiger partial charge in [-0.1, -0.05) is 0 Å². The van der Waals surface area contributed by atoms with Crippen LogP contribution in [0, 0.1) is 0 Å². The Morgan fingerprint density at radius 1 is 1.25 bits per heavy atom. The highest BCUT2D eigenvalue weighted by Crippen LogP contribution is 2.18. The lowest BCUT2D eigenvalue weighted by Crippen LogP contribution is -2.53. The number of nitrogens with zero attached hydrogens (tertiary/aromatic N) is 4. The number of pyridine rings is 1. The molecule has 176 valence electrons. The highest BCUT2D eigenvalue weighted by Gasteiger charge is 2.28. The summed E-state index contributed by atoms with van der Waals surface area (Å²) in [6.07, 6.45) is -1.56. The molecule has 1 N–H and O–H groups in total. The van der Waals surface area contributed by atoms with Crippen LogP contribution < -0.4 is 10.1 Å². The van der Waals surface area contributed by atoms with Gasteiger partial charge in [0.15, 0.2) is 18.3 Å². The number of aromatic nitrogens is 1. The van der Waals surface area contributed by atoms with Gasteiger partial charge in [0.25, 0.3) is 5.91 Å². The zero-order valence-corrected chi connectivity index (χ0v) is 19.8. The topological polar surface area (TPSA) is 83.2 Å². The standard InChI is InChI=1S/C20H24F3N5O3.HI/c1-2-24-19(26-13-15-5-6-25-17(12-15)31-14-20(21,22)23)28-9-7-27(8-10-28)18(29)16-4-3-11-30-16;/h3-6,11-12H,2,7-10,13-14H2,1H3,(H,24,26);1H. The first-order valence-electron chi connectivity index (χ1n) is 9.86. The third kappa shape index (κ3) is 7.57. The van der Waals surface area contributed by atoms with Crippen LogP contribution in [0.3, 0.4) is 0 Å². The van der Waals surface area contributed by atoms with Gasteiger partial charge in [-0.3, -0.25) is 4.79 Å². The number of nitrogens with one attached hydrogen (secondary N) is 1. The lowest BCUT2D eigenvalue weighted by molar-refractivity contribution is -0.154. The predicted molar refractivity (Wildman–Crippen MR) is 122 cm³/mol. The molecule has 2 aromatic heterocycles. The van der Waals surface area contributed by atoms with E-state index in [-0.39, 0.29) is 42.3 Å². The first kappa shape index (κ1) is 25.7. The summed E-state index contributed by atoms with van der Waals surface area (Å²) in [7, 11) is 0. The number of furan rings is 1. The SMILES string of the molecule is CCNC(=NCc1ccnc(OCC(F)(F)F)c1)N1CCN(C(=O)c2ccco2)CC1.I. The summed E-state index contributed by atoms with van der Waals surface area (Å²) < 4.78 is 46.8. The fourth-order valence-corrected chi connectivity index (χ4v) is 3.05. The van der Waals surface area contributed by atoms with E-state index in [2.05, 4.69) is 15.3 Å². The number of rotatable bonds is 6. The molecular weight excluding hydrogens is 542 g/mol. The van der Waals surface area contributed by atoms with Crippen molar-refractivity contribution in [1.82, 2.24) is 20.1 Å². The summed E-state index contributed by atoms with van der Waals surface area (Å²) in [6.45, 7) is 3.68. The molecule has 0 radical (unpaired) electrons. The van der Waals surface area contributed by atoms with Crippen LogP contribution >= 0.6 is 24.0 Å². The molecule has 0 atom stereocenters. The second-order valence-corrected chi connectivity index (χ2v) is 6.83. The van der Waals surface area contributed by atoms with Gasteiger partial charge in [-0.2, -0.15) is 13.2 Å². The van der Waals surface area contributed by atoms with Gasteiger partial charge in [-0.25, -0.2) is 9.98 Å². The van der Waals surface area contributed by atoms with Crippen molar-refractivity contribution in [3.05, 3.63) is 48.0 Å². The fourth-order valence-electron chi connectivity index (χ4n) is 3.05. The Labute approximate surface area is 200 Å². The summed E-state index contributed by atoms with van der Waals surface area (Å²) >= 11 is 0. The summed E-state index contributed by atoms with van der Waals surface area (Å²) in [6, 6.07) is 6.44. The quantitative estimate of drug-likeness (QED) is 0.328. The first-order chi connectivity index (χ1) is 14.9. The van der Waals surface area contributed by atoms with Gasteiger partial charge >= 0.3 is 6.18 Å². The van der Waals surface area contributed by atoms with Crippen LogP contribution in [0.1, 0.15) is 23.0 Å². The minimum atomic E-state index is -4.42. The first-order valence-corrected chi connectivity index (χ1v) is 9.86. The maximum absolute atomic E-state index is 12.4. The lowest BCUT2D eigenvalue weighted by atomic mass is 10.2. The van der Waals surface area contributed by atoms with Crippen molar-refractivity contribution < 1.29 is 27.1 Å². The molecule has 0 saturated carbocycles. The Hall–Kier alpha value is -2.51. The van der Waals surface area contributed by atoms with Crippen molar-refractivity contribution in [2.24, 2.45) is 4.99 Å². The van der Waals surface area contributed by atoms with Gasteiger partial charge < -0.3 is 24.3 Å². The third-order valence-electron chi connectivity index (χ3n) is 4.53. The molecule has 1 amide bonds. The van der Waals surface area contributed by atoms with Gasteiger partial charge in [-0.05, 0) is 30.7 Å². The van der Waals surface area contributed by atoms with E-state index in [1.165, 1.54) is 18.5 Å². The third-order valence-corrected chi connectivity index (χ3v) is 4.53. The number of aliphatic imine (C=N–C) groups is 1. The number of amides is 1. The molecular formula is C20H25F3IN5O3. The maximum Gasteiger partial charge on any atom is 0.422 e. The number of hydrogen-bond acceptors (Lipinski definition) is 5. The van der Waals surface area contributed by atoms with Crippen LogP contribution in [0.15, 0.2) is 46.1 Å². The molecule has 1 aliphatic heterocycles. The number of piperazine rings is 1. The van der Waals surface area contributed by atoms with Gasteiger partial charge in [0.05, 0.1) is 12.8 Å². The van der Waals surface area contributed by atoms with Crippen molar-refractivity contribution >= 4 is 35.8 Å². The van der Waals surface area contributed by atoms with Crippen molar-refractivity contribution in [1.29, 1.82) is 0 Å². The van der Waals surface area contributed by atoms with E-state index >= 15 is 0 Å². The zero-order chi connectivity index (χ0) is 22.3. The summed E-state index contributed by atoms with van der Waals surface area (Å²) in [5, 5.41) is 3.21. The molecule has 2 aromatic rings. The maximum atomic E-state index is 12.4. The Kier molecular flexibility index (Phi) is 9.60. The number of carbonyl (C=O) groups excluding carboxylic acids is 1. The number of guanidine groups is 1. The second kappa shape index (κ2) is 11.9. The molecule has 0 unspecified atom stereocenters. The molecule has 12 heteroatoms. The van der Waals surface area contributed by atoms with Crippen LogP contribution in [0.2, 0.25) is 0 Å². The van der Waals surface area contributed by atoms with Crippen LogP contribution in [-0.2, 0) is 6.54 Å². The number of alkyl halides is 3. The van der Waals surface area contributed by atoms with Crippen molar-refractivity contribution in [2.45, 2.75) is 19.6 Å². The van der Waals surface area contributed by atoms with Crippen LogP contribution in [0.4, 0.5) is 13.2 Å². The molecule has 0 aromatic carbocycles. The van der Waals surface area contributed by atoms with Gasteiger partial charge in [0, 0.05) is 45.0 Å². The average Bonchev–Trinajstić information content (AvgIpc) is 3.30. The monoisotopic (exact) mass is 567 g/mol. The molecule has 0 bridgehead atoms. The number of carbonyl (C=O) groups is 1. The van der Waals surface area contributed by atoms with Crippen molar-refractivity contribution in [3.63, 3.8) is 0 Å². The molecule has 1 fully saturated rings. The summed E-state index contributed by atoms with van der Waals surface area (Å²) in [4.78, 5) is 24.5. The van der Waals surface area contributed by atoms with Crippen LogP contribution in [0.5, 0.6) is 5.88 Å². The smallest absolute Gasteiger partial charge is 0.422 e. The van der Waals surface area contributed by atoms with E-state index in [9.17, 15) is 18.0 Å². The fraction of sp³-hybridized carbons (Fsp3) is 0.450. The molecule has 0 spiro atoms. The van der Waals surface area contributed by atoms with Crippen LogP contribution in [0.25, 0.3) is 0 Å². The second-order valence-electron chi connectivity index (χ2n) is 6.83. The molecule has 0 aliphatic carbocycles. The summed E-state index contributed by atoms with van der Waals surface area (Å²) in [5.41, 5.74) is 0.675. The number of ether oxygens (including phenoxy) is 1. The van der Waals surface area contributed by atoms with Crippen molar-refractivity contribution in [3.8, 4) is 5.88 Å². The summed E-state index contributed by atoms with van der Waals surface area (Å²) in [5.74, 6) is 0.743.